The van der Waals surface area contributed by atoms with Gasteiger partial charge in [0.25, 0.3) is 0 Å². The second-order valence-corrected chi connectivity index (χ2v) is 4.90. The lowest BCUT2D eigenvalue weighted by Gasteiger charge is -2.04. The van der Waals surface area contributed by atoms with E-state index in [9.17, 15) is 4.79 Å². The Bertz CT molecular complexity index is 541. The monoisotopic (exact) mass is 232 g/mol. The van der Waals surface area contributed by atoms with E-state index in [-0.39, 0.29) is 0 Å². The van der Waals surface area contributed by atoms with E-state index >= 15 is 0 Å². The molecule has 0 bridgehead atoms. The van der Waals surface area contributed by atoms with Crippen LogP contribution < -0.4 is 0 Å². The van der Waals surface area contributed by atoms with Gasteiger partial charge in [0, 0.05) is 4.88 Å². The zero-order valence-electron chi connectivity index (χ0n) is 9.15. The highest BCUT2D eigenvalue weighted by Gasteiger charge is 2.07. The molecule has 0 unspecified atom stereocenters. The van der Waals surface area contributed by atoms with Crippen molar-refractivity contribution < 1.29 is 9.90 Å². The van der Waals surface area contributed by atoms with Crippen molar-refractivity contribution >= 4 is 17.3 Å². The molecule has 3 heteroatoms. The second kappa shape index (κ2) is 4.10. The average Bonchev–Trinajstić information content (AvgIpc) is 2.64. The van der Waals surface area contributed by atoms with Crippen molar-refractivity contribution in [2.24, 2.45) is 0 Å². The van der Waals surface area contributed by atoms with E-state index < -0.39 is 5.97 Å². The molecule has 16 heavy (non-hydrogen) atoms. The normalized spacial score (nSPS) is 10.4. The Morgan fingerprint density at radius 3 is 2.50 bits per heavy atom. The molecule has 82 valence electrons. The lowest BCUT2D eigenvalue weighted by molar-refractivity contribution is 0.0697. The van der Waals surface area contributed by atoms with Crippen LogP contribution in [0.5, 0.6) is 0 Å². The van der Waals surface area contributed by atoms with E-state index in [1.54, 1.807) is 23.5 Å². The Kier molecular flexibility index (Phi) is 2.79. The molecule has 0 aliphatic carbocycles. The van der Waals surface area contributed by atoms with Gasteiger partial charge in [0.2, 0.25) is 0 Å². The second-order valence-electron chi connectivity index (χ2n) is 3.78. The van der Waals surface area contributed by atoms with Crippen LogP contribution in [-0.4, -0.2) is 11.1 Å². The number of carboxylic acid groups (broad SMARTS) is 1. The van der Waals surface area contributed by atoms with E-state index in [4.69, 9.17) is 5.11 Å². The highest BCUT2D eigenvalue weighted by atomic mass is 32.1. The molecule has 0 radical (unpaired) electrons. The number of carbonyl (C=O) groups is 1. The number of benzene rings is 1. The number of aryl methyl sites for hydroxylation is 2. The van der Waals surface area contributed by atoms with Gasteiger partial charge in [0.1, 0.15) is 0 Å². The molecule has 0 spiro atoms. The molecule has 0 aliphatic heterocycles. The van der Waals surface area contributed by atoms with Gasteiger partial charge in [-0.15, -0.1) is 11.3 Å². The van der Waals surface area contributed by atoms with Crippen molar-refractivity contribution in [3.63, 3.8) is 0 Å². The molecule has 1 N–H and O–H groups in total. The molecule has 0 saturated carbocycles. The SMILES string of the molecule is Cc1cc(-c2ccc(C(=O)O)cc2C)cs1. The van der Waals surface area contributed by atoms with Crippen LogP contribution in [0.2, 0.25) is 0 Å². The third-order valence-corrected chi connectivity index (χ3v) is 3.38. The summed E-state index contributed by atoms with van der Waals surface area (Å²) in [7, 11) is 0. The van der Waals surface area contributed by atoms with Crippen molar-refractivity contribution in [3.8, 4) is 11.1 Å². The Hall–Kier alpha value is -1.61. The standard InChI is InChI=1S/C13H12O2S/c1-8-5-10(13(14)15)3-4-12(8)11-6-9(2)16-7-11/h3-7H,1-2H3,(H,14,15). The predicted molar refractivity (Wildman–Crippen MR) is 66.2 cm³/mol. The number of hydrogen-bond donors (Lipinski definition) is 1. The molecule has 1 heterocycles. The molecular weight excluding hydrogens is 220 g/mol. The summed E-state index contributed by atoms with van der Waals surface area (Å²) in [5, 5.41) is 11.0. The minimum Gasteiger partial charge on any atom is -0.478 e. The molecule has 2 aromatic rings. The number of carboxylic acids is 1. The number of hydrogen-bond acceptors (Lipinski definition) is 2. The third kappa shape index (κ3) is 1.99. The Morgan fingerprint density at radius 2 is 2.00 bits per heavy atom. The van der Waals surface area contributed by atoms with Gasteiger partial charge in [-0.2, -0.15) is 0 Å². The topological polar surface area (TPSA) is 37.3 Å². The fourth-order valence-electron chi connectivity index (χ4n) is 1.71. The van der Waals surface area contributed by atoms with Gasteiger partial charge >= 0.3 is 5.97 Å². The van der Waals surface area contributed by atoms with E-state index in [0.29, 0.717) is 5.56 Å². The molecule has 2 rings (SSSR count). The predicted octanol–water partition coefficient (Wildman–Crippen LogP) is 3.73. The minimum absolute atomic E-state index is 0.341. The lowest BCUT2D eigenvalue weighted by Crippen LogP contribution is -1.96. The van der Waals surface area contributed by atoms with Gasteiger partial charge in [0.15, 0.2) is 0 Å². The highest BCUT2D eigenvalue weighted by Crippen LogP contribution is 2.28. The van der Waals surface area contributed by atoms with E-state index in [1.165, 1.54) is 4.88 Å². The van der Waals surface area contributed by atoms with Crippen LogP contribution in [0.4, 0.5) is 0 Å². The number of thiophene rings is 1. The summed E-state index contributed by atoms with van der Waals surface area (Å²) in [4.78, 5) is 12.1. The summed E-state index contributed by atoms with van der Waals surface area (Å²) in [6.07, 6.45) is 0. The number of aromatic carboxylic acids is 1. The first kappa shape index (κ1) is 10.9. The zero-order chi connectivity index (χ0) is 11.7. The van der Waals surface area contributed by atoms with Crippen LogP contribution in [0.25, 0.3) is 11.1 Å². The van der Waals surface area contributed by atoms with Crippen molar-refractivity contribution in [1.82, 2.24) is 0 Å². The molecule has 0 fully saturated rings. The zero-order valence-corrected chi connectivity index (χ0v) is 9.97. The van der Waals surface area contributed by atoms with Crippen LogP contribution in [0.1, 0.15) is 20.8 Å². The summed E-state index contributed by atoms with van der Waals surface area (Å²) in [6, 6.07) is 7.36. The third-order valence-electron chi connectivity index (χ3n) is 2.51. The molecule has 0 atom stereocenters. The first-order valence-corrected chi connectivity index (χ1v) is 5.85. The maximum Gasteiger partial charge on any atom is 0.335 e. The summed E-state index contributed by atoms with van der Waals surface area (Å²) < 4.78 is 0. The maximum atomic E-state index is 10.8. The Labute approximate surface area is 98.2 Å². The quantitative estimate of drug-likeness (QED) is 0.856. The largest absolute Gasteiger partial charge is 0.478 e. The summed E-state index contributed by atoms with van der Waals surface area (Å²) >= 11 is 1.70. The van der Waals surface area contributed by atoms with Crippen molar-refractivity contribution in [2.75, 3.05) is 0 Å². The summed E-state index contributed by atoms with van der Waals surface area (Å²) in [6.45, 7) is 4.00. The van der Waals surface area contributed by atoms with E-state index in [1.807, 2.05) is 13.0 Å². The molecular formula is C13H12O2S. The molecule has 1 aromatic heterocycles. The van der Waals surface area contributed by atoms with Crippen LogP contribution in [0, 0.1) is 13.8 Å². The fraction of sp³-hybridized carbons (Fsp3) is 0.154. The Balaban J connectivity index is 2.47. The van der Waals surface area contributed by atoms with Crippen LogP contribution in [0.3, 0.4) is 0 Å². The van der Waals surface area contributed by atoms with Gasteiger partial charge in [-0.1, -0.05) is 6.07 Å². The first-order valence-electron chi connectivity index (χ1n) is 4.97. The fourth-order valence-corrected chi connectivity index (χ4v) is 2.41. The summed E-state index contributed by atoms with van der Waals surface area (Å²) in [5.74, 6) is -0.879. The molecule has 0 amide bonds. The smallest absolute Gasteiger partial charge is 0.335 e. The lowest BCUT2D eigenvalue weighted by atomic mass is 10.0. The van der Waals surface area contributed by atoms with Gasteiger partial charge in [-0.25, -0.2) is 4.79 Å². The van der Waals surface area contributed by atoms with Crippen molar-refractivity contribution in [2.45, 2.75) is 13.8 Å². The molecule has 2 nitrogen and oxygen atoms in total. The minimum atomic E-state index is -0.879. The van der Waals surface area contributed by atoms with Crippen molar-refractivity contribution in [1.29, 1.82) is 0 Å². The molecule has 0 saturated heterocycles. The van der Waals surface area contributed by atoms with E-state index in [0.717, 1.165) is 16.7 Å². The van der Waals surface area contributed by atoms with Crippen LogP contribution in [-0.2, 0) is 0 Å². The van der Waals surface area contributed by atoms with Gasteiger partial charge in [0.05, 0.1) is 5.56 Å². The first-order chi connectivity index (χ1) is 7.58. The van der Waals surface area contributed by atoms with Gasteiger partial charge < -0.3 is 5.11 Å². The Morgan fingerprint density at radius 1 is 1.25 bits per heavy atom. The maximum absolute atomic E-state index is 10.8. The van der Waals surface area contributed by atoms with Crippen molar-refractivity contribution in [3.05, 3.63) is 45.6 Å². The molecule has 0 aliphatic rings. The average molecular weight is 232 g/mol. The highest BCUT2D eigenvalue weighted by molar-refractivity contribution is 7.10. The van der Waals surface area contributed by atoms with E-state index in [2.05, 4.69) is 18.4 Å². The number of rotatable bonds is 2. The van der Waals surface area contributed by atoms with Gasteiger partial charge in [-0.3, -0.25) is 0 Å². The molecule has 1 aromatic carbocycles. The summed E-state index contributed by atoms with van der Waals surface area (Å²) in [5.41, 5.74) is 3.61. The van der Waals surface area contributed by atoms with Gasteiger partial charge in [-0.05, 0) is 54.1 Å². The van der Waals surface area contributed by atoms with Crippen LogP contribution in [0.15, 0.2) is 29.6 Å². The van der Waals surface area contributed by atoms with Crippen LogP contribution >= 0.6 is 11.3 Å².